The Kier molecular flexibility index (Phi) is 2.58. The van der Waals surface area contributed by atoms with Crippen molar-refractivity contribution in [2.45, 2.75) is 40.2 Å². The van der Waals surface area contributed by atoms with Crippen LogP contribution in [0, 0.1) is 11.8 Å². The Morgan fingerprint density at radius 2 is 2.00 bits per heavy atom. The smallest absolute Gasteiger partial charge is 0.0985 e. The molecule has 0 bridgehead atoms. The lowest BCUT2D eigenvalue weighted by atomic mass is 9.88. The summed E-state index contributed by atoms with van der Waals surface area (Å²) in [6.07, 6.45) is 3.68. The van der Waals surface area contributed by atoms with Crippen molar-refractivity contribution in [1.82, 2.24) is 0 Å². The van der Waals surface area contributed by atoms with Gasteiger partial charge in [0.15, 0.2) is 0 Å². The van der Waals surface area contributed by atoms with Gasteiger partial charge in [0.05, 0.1) is 11.9 Å². The standard InChI is InChI=1S/C10H18O/c1-5-10-6-7(2)8(3)9(4)11-10/h6-9H,5H2,1-4H3. The Morgan fingerprint density at radius 3 is 2.45 bits per heavy atom. The van der Waals surface area contributed by atoms with E-state index in [0.717, 1.165) is 6.42 Å². The minimum absolute atomic E-state index is 0.393. The summed E-state index contributed by atoms with van der Waals surface area (Å²) >= 11 is 0. The van der Waals surface area contributed by atoms with E-state index in [4.69, 9.17) is 4.74 Å². The molecule has 1 nitrogen and oxygen atoms in total. The molecule has 0 aliphatic carbocycles. The Hall–Kier alpha value is -0.460. The molecule has 0 aromatic carbocycles. The Labute approximate surface area is 69.4 Å². The van der Waals surface area contributed by atoms with Crippen molar-refractivity contribution >= 4 is 0 Å². The van der Waals surface area contributed by atoms with Gasteiger partial charge in [-0.25, -0.2) is 0 Å². The first kappa shape index (κ1) is 8.63. The average molecular weight is 154 g/mol. The quantitative estimate of drug-likeness (QED) is 0.564. The molecule has 0 spiro atoms. The summed E-state index contributed by atoms with van der Waals surface area (Å²) in [6, 6.07) is 0. The molecule has 1 aliphatic heterocycles. The van der Waals surface area contributed by atoms with E-state index >= 15 is 0 Å². The topological polar surface area (TPSA) is 9.23 Å². The zero-order chi connectivity index (χ0) is 8.43. The van der Waals surface area contributed by atoms with E-state index in [1.54, 1.807) is 0 Å². The third-order valence-corrected chi connectivity index (χ3v) is 2.70. The number of rotatable bonds is 1. The summed E-state index contributed by atoms with van der Waals surface area (Å²) in [7, 11) is 0. The molecule has 0 saturated heterocycles. The predicted octanol–water partition coefficient (Wildman–Crippen LogP) is 2.97. The molecule has 0 aromatic rings. The Bertz CT molecular complexity index is 160. The van der Waals surface area contributed by atoms with Crippen molar-refractivity contribution in [3.8, 4) is 0 Å². The number of hydrogen-bond donors (Lipinski definition) is 0. The van der Waals surface area contributed by atoms with Crippen molar-refractivity contribution in [3.63, 3.8) is 0 Å². The maximum atomic E-state index is 5.68. The van der Waals surface area contributed by atoms with Crippen LogP contribution in [-0.2, 0) is 4.74 Å². The minimum atomic E-state index is 0.393. The van der Waals surface area contributed by atoms with Crippen LogP contribution in [0.3, 0.4) is 0 Å². The third kappa shape index (κ3) is 1.76. The molecular formula is C10H18O. The first-order chi connectivity index (χ1) is 5.15. The number of ether oxygens (including phenoxy) is 1. The number of hydrogen-bond acceptors (Lipinski definition) is 1. The van der Waals surface area contributed by atoms with E-state index in [9.17, 15) is 0 Å². The van der Waals surface area contributed by atoms with E-state index in [1.807, 2.05) is 0 Å². The SMILES string of the molecule is CCC1=CC(C)C(C)C(C)O1. The van der Waals surface area contributed by atoms with Crippen molar-refractivity contribution in [1.29, 1.82) is 0 Å². The van der Waals surface area contributed by atoms with Crippen LogP contribution in [0.25, 0.3) is 0 Å². The van der Waals surface area contributed by atoms with Crippen LogP contribution < -0.4 is 0 Å². The molecular weight excluding hydrogens is 136 g/mol. The van der Waals surface area contributed by atoms with Crippen LogP contribution in [0.1, 0.15) is 34.1 Å². The van der Waals surface area contributed by atoms with Gasteiger partial charge in [-0.15, -0.1) is 0 Å². The second-order valence-electron chi connectivity index (χ2n) is 3.53. The zero-order valence-electron chi connectivity index (χ0n) is 7.92. The maximum absolute atomic E-state index is 5.68. The summed E-state index contributed by atoms with van der Waals surface area (Å²) < 4.78 is 5.68. The van der Waals surface area contributed by atoms with Gasteiger partial charge < -0.3 is 4.74 Å². The van der Waals surface area contributed by atoms with Crippen LogP contribution in [0.2, 0.25) is 0 Å². The highest BCUT2D eigenvalue weighted by atomic mass is 16.5. The molecule has 0 radical (unpaired) electrons. The second-order valence-corrected chi connectivity index (χ2v) is 3.53. The number of allylic oxidation sites excluding steroid dienone is 2. The maximum Gasteiger partial charge on any atom is 0.0985 e. The van der Waals surface area contributed by atoms with Gasteiger partial charge in [-0.05, 0) is 24.8 Å². The van der Waals surface area contributed by atoms with Gasteiger partial charge >= 0.3 is 0 Å². The van der Waals surface area contributed by atoms with E-state index in [-0.39, 0.29) is 0 Å². The highest BCUT2D eigenvalue weighted by molar-refractivity contribution is 5.01. The first-order valence-corrected chi connectivity index (χ1v) is 4.52. The van der Waals surface area contributed by atoms with Gasteiger partial charge in [0, 0.05) is 6.42 Å². The lowest BCUT2D eigenvalue weighted by molar-refractivity contribution is 0.0464. The fourth-order valence-corrected chi connectivity index (χ4v) is 1.46. The minimum Gasteiger partial charge on any atom is -0.495 e. The average Bonchev–Trinajstić information content (AvgIpc) is 1.99. The molecule has 1 aliphatic rings. The summed E-state index contributed by atoms with van der Waals surface area (Å²) in [6.45, 7) is 8.81. The highest BCUT2D eigenvalue weighted by Crippen LogP contribution is 2.28. The Morgan fingerprint density at radius 1 is 1.36 bits per heavy atom. The highest BCUT2D eigenvalue weighted by Gasteiger charge is 2.24. The lowest BCUT2D eigenvalue weighted by Gasteiger charge is -2.31. The second kappa shape index (κ2) is 3.29. The fourth-order valence-electron chi connectivity index (χ4n) is 1.46. The van der Waals surface area contributed by atoms with Crippen LogP contribution in [0.15, 0.2) is 11.8 Å². The lowest BCUT2D eigenvalue weighted by Crippen LogP contribution is -2.27. The van der Waals surface area contributed by atoms with Crippen LogP contribution in [0.4, 0.5) is 0 Å². The molecule has 11 heavy (non-hydrogen) atoms. The molecule has 3 atom stereocenters. The monoisotopic (exact) mass is 154 g/mol. The fraction of sp³-hybridized carbons (Fsp3) is 0.800. The molecule has 0 fully saturated rings. The third-order valence-electron chi connectivity index (χ3n) is 2.70. The van der Waals surface area contributed by atoms with Gasteiger partial charge in [0.1, 0.15) is 0 Å². The van der Waals surface area contributed by atoms with E-state index in [0.29, 0.717) is 17.9 Å². The molecule has 0 N–H and O–H groups in total. The summed E-state index contributed by atoms with van der Waals surface area (Å²) in [5, 5.41) is 0. The molecule has 1 heterocycles. The zero-order valence-corrected chi connectivity index (χ0v) is 7.92. The molecule has 1 heteroatoms. The van der Waals surface area contributed by atoms with E-state index in [2.05, 4.69) is 33.8 Å². The molecule has 3 unspecified atom stereocenters. The molecule has 0 amide bonds. The molecule has 0 aromatic heterocycles. The van der Waals surface area contributed by atoms with Crippen LogP contribution >= 0.6 is 0 Å². The largest absolute Gasteiger partial charge is 0.495 e. The van der Waals surface area contributed by atoms with E-state index in [1.165, 1.54) is 5.76 Å². The van der Waals surface area contributed by atoms with Gasteiger partial charge in [-0.3, -0.25) is 0 Å². The van der Waals surface area contributed by atoms with Gasteiger partial charge in [0.25, 0.3) is 0 Å². The van der Waals surface area contributed by atoms with Crippen LogP contribution in [-0.4, -0.2) is 6.10 Å². The van der Waals surface area contributed by atoms with Gasteiger partial charge in [-0.1, -0.05) is 20.8 Å². The predicted molar refractivity (Wildman–Crippen MR) is 47.2 cm³/mol. The molecule has 64 valence electrons. The van der Waals surface area contributed by atoms with Crippen molar-refractivity contribution < 1.29 is 4.74 Å². The van der Waals surface area contributed by atoms with Crippen LogP contribution in [0.5, 0.6) is 0 Å². The van der Waals surface area contributed by atoms with E-state index < -0.39 is 0 Å². The normalized spacial score (nSPS) is 37.8. The van der Waals surface area contributed by atoms with Gasteiger partial charge in [0.2, 0.25) is 0 Å². The van der Waals surface area contributed by atoms with Crippen molar-refractivity contribution in [2.24, 2.45) is 11.8 Å². The molecule has 0 saturated carbocycles. The summed E-state index contributed by atoms with van der Waals surface area (Å²) in [4.78, 5) is 0. The summed E-state index contributed by atoms with van der Waals surface area (Å²) in [5.74, 6) is 2.50. The summed E-state index contributed by atoms with van der Waals surface area (Å²) in [5.41, 5.74) is 0. The first-order valence-electron chi connectivity index (χ1n) is 4.52. The van der Waals surface area contributed by atoms with Gasteiger partial charge in [-0.2, -0.15) is 0 Å². The van der Waals surface area contributed by atoms with Crippen molar-refractivity contribution in [2.75, 3.05) is 0 Å². The molecule has 1 rings (SSSR count). The Balaban J connectivity index is 2.68. The van der Waals surface area contributed by atoms with Crippen molar-refractivity contribution in [3.05, 3.63) is 11.8 Å².